The fourth-order valence-electron chi connectivity index (χ4n) is 1.48. The molecule has 2 N–H and O–H groups in total. The van der Waals surface area contributed by atoms with Gasteiger partial charge < -0.3 is 10.6 Å². The van der Waals surface area contributed by atoms with Crippen LogP contribution < -0.4 is 10.6 Å². The van der Waals surface area contributed by atoms with Gasteiger partial charge in [-0.05, 0) is 24.9 Å². The molecule has 1 aromatic rings. The number of halogens is 4. The van der Waals surface area contributed by atoms with Crippen LogP contribution in [0.5, 0.6) is 0 Å². The average Bonchev–Trinajstić information content (AvgIpc) is 2.91. The van der Waals surface area contributed by atoms with E-state index in [1.54, 1.807) is 18.8 Å². The fraction of sp³-hybridized carbons (Fsp3) is 0.667. The van der Waals surface area contributed by atoms with E-state index >= 15 is 0 Å². The van der Waals surface area contributed by atoms with Crippen molar-refractivity contribution in [3.05, 3.63) is 16.1 Å². The molecular formula is C12H20F3IN4S2. The molecule has 0 aliphatic carbocycles. The molecule has 1 rings (SSSR count). The van der Waals surface area contributed by atoms with Gasteiger partial charge in [0.1, 0.15) is 5.01 Å². The summed E-state index contributed by atoms with van der Waals surface area (Å²) in [4.78, 5) is 7.57. The Kier molecular flexibility index (Phi) is 11.2. The molecule has 4 nitrogen and oxygen atoms in total. The molecule has 0 fully saturated rings. The Morgan fingerprint density at radius 2 is 2.09 bits per heavy atom. The Morgan fingerprint density at radius 3 is 2.64 bits per heavy atom. The minimum atomic E-state index is -4.38. The van der Waals surface area contributed by atoms with E-state index in [2.05, 4.69) is 26.9 Å². The summed E-state index contributed by atoms with van der Waals surface area (Å²) in [5, 5.41) is 7.48. The standard InChI is InChI=1S/C12H19F3N4S2.HI/c1-16-11(17-5-3-4-6-20-2)18-7-10-19-9(8-21-10)12(13,14)15;/h8H,3-7H2,1-2H3,(H2,16,17,18);1H. The van der Waals surface area contributed by atoms with Crippen molar-refractivity contribution < 1.29 is 13.2 Å². The average molecular weight is 468 g/mol. The van der Waals surface area contributed by atoms with Crippen LogP contribution >= 0.6 is 47.1 Å². The third kappa shape index (κ3) is 8.42. The van der Waals surface area contributed by atoms with Gasteiger partial charge in [0.05, 0.1) is 6.54 Å². The number of hydrogen-bond acceptors (Lipinski definition) is 4. The number of aliphatic imine (C=N–C) groups is 1. The second-order valence-corrected chi connectivity index (χ2v) is 6.10. The van der Waals surface area contributed by atoms with Crippen molar-refractivity contribution in [2.24, 2.45) is 4.99 Å². The first-order valence-corrected chi connectivity index (χ1v) is 8.69. The smallest absolute Gasteiger partial charge is 0.356 e. The van der Waals surface area contributed by atoms with Gasteiger partial charge in [0.2, 0.25) is 0 Å². The normalized spacial score (nSPS) is 12.0. The van der Waals surface area contributed by atoms with Gasteiger partial charge in [0.15, 0.2) is 11.7 Å². The van der Waals surface area contributed by atoms with Gasteiger partial charge in [0.25, 0.3) is 0 Å². The second kappa shape index (κ2) is 11.3. The molecule has 128 valence electrons. The fourth-order valence-corrected chi connectivity index (χ4v) is 2.71. The van der Waals surface area contributed by atoms with E-state index in [1.165, 1.54) is 0 Å². The molecule has 0 aliphatic heterocycles. The van der Waals surface area contributed by atoms with Crippen molar-refractivity contribution in [1.29, 1.82) is 0 Å². The van der Waals surface area contributed by atoms with Crippen LogP contribution in [-0.4, -0.2) is 36.5 Å². The van der Waals surface area contributed by atoms with Gasteiger partial charge in [-0.15, -0.1) is 35.3 Å². The van der Waals surface area contributed by atoms with Crippen molar-refractivity contribution >= 4 is 53.0 Å². The molecule has 10 heteroatoms. The Morgan fingerprint density at radius 1 is 1.36 bits per heavy atom. The molecule has 0 radical (unpaired) electrons. The highest BCUT2D eigenvalue weighted by Crippen LogP contribution is 2.29. The zero-order valence-electron chi connectivity index (χ0n) is 12.4. The molecule has 0 aromatic carbocycles. The zero-order valence-corrected chi connectivity index (χ0v) is 16.3. The van der Waals surface area contributed by atoms with E-state index in [9.17, 15) is 13.2 Å². The van der Waals surface area contributed by atoms with E-state index in [1.807, 2.05) is 0 Å². The molecule has 0 unspecified atom stereocenters. The number of thiazole rings is 1. The van der Waals surface area contributed by atoms with E-state index < -0.39 is 11.9 Å². The minimum Gasteiger partial charge on any atom is -0.356 e. The third-order valence-corrected chi connectivity index (χ3v) is 4.09. The van der Waals surface area contributed by atoms with Crippen LogP contribution in [0.4, 0.5) is 13.2 Å². The van der Waals surface area contributed by atoms with E-state index in [0.717, 1.165) is 41.9 Å². The highest BCUT2D eigenvalue weighted by atomic mass is 127. The second-order valence-electron chi connectivity index (χ2n) is 4.18. The number of alkyl halides is 3. The summed E-state index contributed by atoms with van der Waals surface area (Å²) < 4.78 is 37.3. The van der Waals surface area contributed by atoms with E-state index in [4.69, 9.17) is 0 Å². The van der Waals surface area contributed by atoms with Crippen LogP contribution in [0, 0.1) is 0 Å². The van der Waals surface area contributed by atoms with Gasteiger partial charge in [-0.3, -0.25) is 4.99 Å². The molecule has 0 bridgehead atoms. The number of nitrogens with zero attached hydrogens (tertiary/aromatic N) is 2. The summed E-state index contributed by atoms with van der Waals surface area (Å²) in [6.45, 7) is 1.01. The summed E-state index contributed by atoms with van der Waals surface area (Å²) in [6, 6.07) is 0. The quantitative estimate of drug-likeness (QED) is 0.278. The lowest BCUT2D eigenvalue weighted by molar-refractivity contribution is -0.140. The Labute approximate surface area is 153 Å². The molecule has 0 atom stereocenters. The molecule has 0 aliphatic rings. The van der Waals surface area contributed by atoms with E-state index in [0.29, 0.717) is 11.0 Å². The molecular weight excluding hydrogens is 448 g/mol. The Bertz CT molecular complexity index is 452. The number of guanidine groups is 1. The molecule has 22 heavy (non-hydrogen) atoms. The first-order valence-electron chi connectivity index (χ1n) is 6.42. The molecule has 0 spiro atoms. The van der Waals surface area contributed by atoms with Gasteiger partial charge >= 0.3 is 6.18 Å². The van der Waals surface area contributed by atoms with Gasteiger partial charge in [-0.1, -0.05) is 0 Å². The van der Waals surface area contributed by atoms with Crippen LogP contribution in [0.1, 0.15) is 23.5 Å². The predicted molar refractivity (Wildman–Crippen MR) is 98.3 cm³/mol. The lowest BCUT2D eigenvalue weighted by Crippen LogP contribution is -2.37. The predicted octanol–water partition coefficient (Wildman–Crippen LogP) is 3.59. The van der Waals surface area contributed by atoms with Crippen LogP contribution in [0.3, 0.4) is 0 Å². The molecule has 1 aromatic heterocycles. The Balaban J connectivity index is 0.00000441. The number of nitrogens with one attached hydrogen (secondary N) is 2. The lowest BCUT2D eigenvalue weighted by Gasteiger charge is -2.10. The van der Waals surface area contributed by atoms with Crippen LogP contribution in [-0.2, 0) is 12.7 Å². The van der Waals surface area contributed by atoms with Crippen molar-refractivity contribution in [3.63, 3.8) is 0 Å². The van der Waals surface area contributed by atoms with E-state index in [-0.39, 0.29) is 30.5 Å². The van der Waals surface area contributed by atoms with Gasteiger partial charge in [-0.25, -0.2) is 4.98 Å². The van der Waals surface area contributed by atoms with Gasteiger partial charge in [0, 0.05) is 19.0 Å². The highest BCUT2D eigenvalue weighted by molar-refractivity contribution is 14.0. The van der Waals surface area contributed by atoms with Crippen molar-refractivity contribution in [1.82, 2.24) is 15.6 Å². The van der Waals surface area contributed by atoms with Crippen LogP contribution in [0.2, 0.25) is 0 Å². The highest BCUT2D eigenvalue weighted by Gasteiger charge is 2.33. The van der Waals surface area contributed by atoms with Crippen LogP contribution in [0.15, 0.2) is 10.4 Å². The maximum absolute atomic E-state index is 12.4. The zero-order chi connectivity index (χ0) is 15.7. The lowest BCUT2D eigenvalue weighted by atomic mass is 10.3. The number of aromatic nitrogens is 1. The van der Waals surface area contributed by atoms with Crippen LogP contribution in [0.25, 0.3) is 0 Å². The first-order chi connectivity index (χ1) is 9.97. The largest absolute Gasteiger partial charge is 0.434 e. The topological polar surface area (TPSA) is 49.3 Å². The number of hydrogen-bond donors (Lipinski definition) is 2. The van der Waals surface area contributed by atoms with Crippen molar-refractivity contribution in [2.45, 2.75) is 25.6 Å². The monoisotopic (exact) mass is 468 g/mol. The number of unbranched alkanes of at least 4 members (excludes halogenated alkanes) is 1. The maximum atomic E-state index is 12.4. The summed E-state index contributed by atoms with van der Waals surface area (Å²) >= 11 is 2.79. The molecule has 0 saturated carbocycles. The third-order valence-electron chi connectivity index (χ3n) is 2.54. The number of rotatable bonds is 7. The number of thioether (sulfide) groups is 1. The Hall–Kier alpha value is -0.230. The maximum Gasteiger partial charge on any atom is 0.434 e. The summed E-state index contributed by atoms with van der Waals surface area (Å²) in [7, 11) is 1.63. The molecule has 1 heterocycles. The SMILES string of the molecule is CN=C(NCCCCSC)NCc1nc(C(F)(F)F)cs1.I. The first kappa shape index (κ1) is 21.8. The summed E-state index contributed by atoms with van der Waals surface area (Å²) in [5.41, 5.74) is -0.843. The molecule has 0 saturated heterocycles. The van der Waals surface area contributed by atoms with Crippen molar-refractivity contribution in [3.8, 4) is 0 Å². The van der Waals surface area contributed by atoms with Crippen molar-refractivity contribution in [2.75, 3.05) is 25.6 Å². The minimum absolute atomic E-state index is 0. The summed E-state index contributed by atoms with van der Waals surface area (Å²) in [5.74, 6) is 1.69. The van der Waals surface area contributed by atoms with Gasteiger partial charge in [-0.2, -0.15) is 24.9 Å². The summed E-state index contributed by atoms with van der Waals surface area (Å²) in [6.07, 6.45) is -0.174. The molecule has 0 amide bonds.